The molecule has 1 unspecified atom stereocenters. The zero-order valence-corrected chi connectivity index (χ0v) is 8.10. The molecule has 4 nitrogen and oxygen atoms in total. The summed E-state index contributed by atoms with van der Waals surface area (Å²) in [6.07, 6.45) is 0.724. The molecule has 0 saturated carbocycles. The third-order valence-corrected chi connectivity index (χ3v) is 2.68. The van der Waals surface area contributed by atoms with E-state index in [0.29, 0.717) is 9.35 Å². The average Bonchev–Trinajstić information content (AvgIpc) is 2.36. The number of nitrogens with zero attached hydrogens (tertiary/aromatic N) is 3. The fraction of sp³-hybridized carbons (Fsp3) is 0.333. The topological polar surface area (TPSA) is 50.9 Å². The van der Waals surface area contributed by atoms with Gasteiger partial charge in [0, 0.05) is 7.05 Å². The van der Waals surface area contributed by atoms with Gasteiger partial charge in [0.1, 0.15) is 6.33 Å². The summed E-state index contributed by atoms with van der Waals surface area (Å²) in [7, 11) is 1.81. The molecule has 65 valence electrons. The van der Waals surface area contributed by atoms with E-state index in [0.717, 1.165) is 0 Å². The molecule has 1 rings (SSSR count). The first-order valence-corrected chi connectivity index (χ1v) is 4.40. The first kappa shape index (κ1) is 9.63. The SMILES string of the molecule is [CH2]C(O)C(=S)Sc1nncn1C. The van der Waals surface area contributed by atoms with E-state index in [1.54, 1.807) is 17.9 Å². The van der Waals surface area contributed by atoms with Gasteiger partial charge in [-0.3, -0.25) is 0 Å². The number of aliphatic hydroxyl groups is 1. The quantitative estimate of drug-likeness (QED) is 0.557. The van der Waals surface area contributed by atoms with E-state index in [2.05, 4.69) is 17.1 Å². The number of thioether (sulfide) groups is 1. The second-order valence-corrected chi connectivity index (χ2v) is 3.87. The first-order chi connectivity index (χ1) is 5.61. The lowest BCUT2D eigenvalue weighted by molar-refractivity contribution is 0.292. The number of hydrogen-bond acceptors (Lipinski definition) is 5. The molecule has 1 N–H and O–H groups in total. The van der Waals surface area contributed by atoms with Gasteiger partial charge in [-0.1, -0.05) is 12.2 Å². The monoisotopic (exact) mass is 202 g/mol. The fourth-order valence-corrected chi connectivity index (χ4v) is 1.34. The maximum atomic E-state index is 8.98. The highest BCUT2D eigenvalue weighted by Gasteiger charge is 2.09. The maximum Gasteiger partial charge on any atom is 0.196 e. The minimum atomic E-state index is -0.846. The normalized spacial score (nSPS) is 12.9. The highest BCUT2D eigenvalue weighted by atomic mass is 32.2. The van der Waals surface area contributed by atoms with Crippen LogP contribution in [-0.2, 0) is 7.05 Å². The lowest BCUT2D eigenvalue weighted by atomic mass is 10.5. The van der Waals surface area contributed by atoms with E-state index < -0.39 is 6.10 Å². The summed E-state index contributed by atoms with van der Waals surface area (Å²) < 4.78 is 2.12. The van der Waals surface area contributed by atoms with Crippen molar-refractivity contribution in [1.29, 1.82) is 0 Å². The smallest absolute Gasteiger partial charge is 0.196 e. The van der Waals surface area contributed by atoms with Crippen LogP contribution in [0.5, 0.6) is 0 Å². The van der Waals surface area contributed by atoms with Crippen molar-refractivity contribution in [2.24, 2.45) is 7.05 Å². The molecule has 0 aromatic carbocycles. The van der Waals surface area contributed by atoms with Gasteiger partial charge in [-0.05, 0) is 18.7 Å². The predicted molar refractivity (Wildman–Crippen MR) is 50.8 cm³/mol. The molecular formula is C6H8N3OS2. The average molecular weight is 202 g/mol. The summed E-state index contributed by atoms with van der Waals surface area (Å²) in [5, 5.41) is 17.1. The second kappa shape index (κ2) is 3.97. The third kappa shape index (κ3) is 2.26. The summed E-state index contributed by atoms with van der Waals surface area (Å²) in [5.74, 6) is 0. The van der Waals surface area contributed by atoms with E-state index in [1.165, 1.54) is 11.8 Å². The number of hydrogen-bond donors (Lipinski definition) is 1. The summed E-state index contributed by atoms with van der Waals surface area (Å²) in [6, 6.07) is 0. The molecule has 0 spiro atoms. The van der Waals surface area contributed by atoms with Crippen LogP contribution < -0.4 is 0 Å². The van der Waals surface area contributed by atoms with E-state index >= 15 is 0 Å². The van der Waals surface area contributed by atoms with Gasteiger partial charge in [0.15, 0.2) is 5.16 Å². The summed E-state index contributed by atoms with van der Waals surface area (Å²) in [4.78, 5) is 0. The van der Waals surface area contributed by atoms with Gasteiger partial charge >= 0.3 is 0 Å². The molecule has 0 aliphatic heterocycles. The first-order valence-electron chi connectivity index (χ1n) is 3.18. The Balaban J connectivity index is 2.64. The molecule has 1 radical (unpaired) electrons. The van der Waals surface area contributed by atoms with Gasteiger partial charge in [-0.2, -0.15) is 0 Å². The molecular weight excluding hydrogens is 194 g/mol. The van der Waals surface area contributed by atoms with Crippen molar-refractivity contribution in [1.82, 2.24) is 14.8 Å². The van der Waals surface area contributed by atoms with E-state index in [9.17, 15) is 0 Å². The van der Waals surface area contributed by atoms with Crippen LogP contribution in [0.1, 0.15) is 0 Å². The van der Waals surface area contributed by atoms with Gasteiger partial charge in [0.25, 0.3) is 0 Å². The standard InChI is InChI=1S/C6H8N3OS2/c1-4(10)5(11)12-6-8-7-3-9(6)2/h3-4,10H,1H2,2H3. The van der Waals surface area contributed by atoms with Crippen molar-refractivity contribution >= 4 is 28.2 Å². The number of rotatable bonds is 2. The fourth-order valence-electron chi connectivity index (χ4n) is 0.523. The maximum absolute atomic E-state index is 8.98. The molecule has 0 fully saturated rings. The van der Waals surface area contributed by atoms with Crippen molar-refractivity contribution in [2.75, 3.05) is 0 Å². The Kier molecular flexibility index (Phi) is 3.19. The van der Waals surface area contributed by atoms with Crippen LogP contribution in [0.25, 0.3) is 0 Å². The van der Waals surface area contributed by atoms with Gasteiger partial charge in [0.05, 0.1) is 10.3 Å². The Labute approximate surface area is 80.0 Å². The van der Waals surface area contributed by atoms with Crippen LogP contribution in [0, 0.1) is 6.92 Å². The minimum absolute atomic E-state index is 0.395. The van der Waals surface area contributed by atoms with Crippen LogP contribution in [0.4, 0.5) is 0 Å². The van der Waals surface area contributed by atoms with E-state index in [1.807, 2.05) is 0 Å². The minimum Gasteiger partial charge on any atom is -0.387 e. The molecule has 6 heteroatoms. The van der Waals surface area contributed by atoms with Crippen molar-refractivity contribution < 1.29 is 5.11 Å². The number of aryl methyl sites for hydroxylation is 1. The predicted octanol–water partition coefficient (Wildman–Crippen LogP) is 0.430. The zero-order valence-electron chi connectivity index (χ0n) is 6.47. The Morgan fingerprint density at radius 1 is 1.92 bits per heavy atom. The zero-order chi connectivity index (χ0) is 9.14. The second-order valence-electron chi connectivity index (χ2n) is 2.16. The highest BCUT2D eigenvalue weighted by molar-refractivity contribution is 8.23. The molecule has 1 heterocycles. The van der Waals surface area contributed by atoms with Crippen molar-refractivity contribution in [3.8, 4) is 0 Å². The molecule has 1 atom stereocenters. The van der Waals surface area contributed by atoms with Crippen molar-refractivity contribution in [3.05, 3.63) is 13.3 Å². The van der Waals surface area contributed by atoms with Crippen LogP contribution >= 0.6 is 24.0 Å². The van der Waals surface area contributed by atoms with Crippen LogP contribution in [0.15, 0.2) is 11.5 Å². The summed E-state index contributed by atoms with van der Waals surface area (Å²) in [5.41, 5.74) is 0. The Morgan fingerprint density at radius 2 is 2.58 bits per heavy atom. The van der Waals surface area contributed by atoms with Crippen LogP contribution in [0.3, 0.4) is 0 Å². The Bertz CT molecular complexity index is 284. The largest absolute Gasteiger partial charge is 0.387 e. The van der Waals surface area contributed by atoms with Crippen LogP contribution in [-0.4, -0.2) is 30.2 Å². The molecule has 0 aliphatic rings. The summed E-state index contributed by atoms with van der Waals surface area (Å²) in [6.45, 7) is 3.38. The lowest BCUT2D eigenvalue weighted by Crippen LogP contribution is -2.10. The molecule has 0 aliphatic carbocycles. The molecule has 0 bridgehead atoms. The summed E-state index contributed by atoms with van der Waals surface area (Å²) >= 11 is 6.05. The number of aromatic nitrogens is 3. The van der Waals surface area contributed by atoms with E-state index in [-0.39, 0.29) is 0 Å². The molecule has 1 aromatic rings. The van der Waals surface area contributed by atoms with E-state index in [4.69, 9.17) is 17.3 Å². The van der Waals surface area contributed by atoms with Gasteiger partial charge in [-0.25, -0.2) is 0 Å². The Morgan fingerprint density at radius 3 is 3.00 bits per heavy atom. The molecule has 0 amide bonds. The van der Waals surface area contributed by atoms with Gasteiger partial charge in [0.2, 0.25) is 0 Å². The van der Waals surface area contributed by atoms with Crippen molar-refractivity contribution in [3.63, 3.8) is 0 Å². The number of thiocarbonyl (C=S) groups is 1. The van der Waals surface area contributed by atoms with Crippen LogP contribution in [0.2, 0.25) is 0 Å². The molecule has 1 aromatic heterocycles. The highest BCUT2D eigenvalue weighted by Crippen LogP contribution is 2.17. The lowest BCUT2D eigenvalue weighted by Gasteiger charge is -2.03. The Hall–Kier alpha value is -0.460. The van der Waals surface area contributed by atoms with Gasteiger partial charge < -0.3 is 9.67 Å². The number of aliphatic hydroxyl groups excluding tert-OH is 1. The van der Waals surface area contributed by atoms with Crippen molar-refractivity contribution in [2.45, 2.75) is 11.3 Å². The molecule has 12 heavy (non-hydrogen) atoms. The molecule has 0 saturated heterocycles. The van der Waals surface area contributed by atoms with Gasteiger partial charge in [-0.15, -0.1) is 10.2 Å². The third-order valence-electron chi connectivity index (χ3n) is 1.13.